The minimum Gasteiger partial charge on any atom is -0.392 e. The molecule has 9 N–H and O–H groups in total. The summed E-state index contributed by atoms with van der Waals surface area (Å²) in [6.07, 6.45) is -0.398. The predicted molar refractivity (Wildman–Crippen MR) is 215 cm³/mol. The van der Waals surface area contributed by atoms with E-state index in [1.165, 1.54) is 6.92 Å². The fourth-order valence-electron chi connectivity index (χ4n) is 5.36. The molecule has 0 saturated heterocycles. The third-order valence-electron chi connectivity index (χ3n) is 8.42. The second kappa shape index (κ2) is 22.1. The number of aliphatic hydroxyl groups excluding tert-OH is 1. The number of hydrogen-bond donors (Lipinski definition) is 8. The van der Waals surface area contributed by atoms with Gasteiger partial charge in [0.25, 0.3) is 0 Å². The van der Waals surface area contributed by atoms with Crippen molar-refractivity contribution in [2.24, 2.45) is 21.9 Å². The highest BCUT2D eigenvalue weighted by molar-refractivity contribution is 6.54. The summed E-state index contributed by atoms with van der Waals surface area (Å²) in [5, 5.41) is 28.7. The van der Waals surface area contributed by atoms with E-state index in [9.17, 15) is 33.9 Å². The Morgan fingerprint density at radius 2 is 1.30 bits per heavy atom. The van der Waals surface area contributed by atoms with Gasteiger partial charge in [0, 0.05) is 36.2 Å². The van der Waals surface area contributed by atoms with Gasteiger partial charge in [0.15, 0.2) is 0 Å². The van der Waals surface area contributed by atoms with Crippen LogP contribution in [0.4, 0.5) is 11.4 Å². The molecule has 0 bridgehead atoms. The quantitative estimate of drug-likeness (QED) is 0.0507. The minimum atomic E-state index is -1.01. The maximum absolute atomic E-state index is 13.0. The highest BCUT2D eigenvalue weighted by atomic mass is 16.3. The molecule has 16 nitrogen and oxygen atoms in total. The Morgan fingerprint density at radius 1 is 0.696 bits per heavy atom. The van der Waals surface area contributed by atoms with Crippen LogP contribution in [0.2, 0.25) is 0 Å². The molecule has 0 saturated carbocycles. The van der Waals surface area contributed by atoms with Crippen molar-refractivity contribution in [3.05, 3.63) is 95.1 Å². The summed E-state index contributed by atoms with van der Waals surface area (Å²) < 4.78 is 0. The minimum absolute atomic E-state index is 0.135. The number of aryl methyl sites for hydroxylation is 1. The van der Waals surface area contributed by atoms with E-state index in [0.29, 0.717) is 40.5 Å². The molecule has 6 amide bonds. The molecule has 0 aliphatic carbocycles. The van der Waals surface area contributed by atoms with Crippen LogP contribution in [0.15, 0.2) is 82.9 Å². The lowest BCUT2D eigenvalue weighted by molar-refractivity contribution is -0.132. The van der Waals surface area contributed by atoms with Crippen LogP contribution < -0.4 is 37.7 Å². The number of nitrogens with zero attached hydrogens (tertiary/aromatic N) is 2. The van der Waals surface area contributed by atoms with Crippen molar-refractivity contribution in [1.29, 1.82) is 0 Å². The predicted octanol–water partition coefficient (Wildman–Crippen LogP) is 1.89. The van der Waals surface area contributed by atoms with E-state index in [1.807, 2.05) is 38.1 Å². The van der Waals surface area contributed by atoms with Gasteiger partial charge in [-0.15, -0.1) is 0 Å². The summed E-state index contributed by atoms with van der Waals surface area (Å²) in [4.78, 5) is 80.7. The zero-order valence-electron chi connectivity index (χ0n) is 32.3. The third-order valence-corrected chi connectivity index (χ3v) is 8.42. The van der Waals surface area contributed by atoms with E-state index < -0.39 is 60.6 Å². The van der Waals surface area contributed by atoms with Crippen LogP contribution in [0.25, 0.3) is 0 Å². The molecule has 298 valence electrons. The molecule has 0 radical (unpaired) electrons. The summed E-state index contributed by atoms with van der Waals surface area (Å²) in [5.41, 5.74) is 4.91. The molecule has 0 fully saturated rings. The second-order valence-corrected chi connectivity index (χ2v) is 13.1. The van der Waals surface area contributed by atoms with Crippen LogP contribution in [0, 0.1) is 12.8 Å². The average Bonchev–Trinajstić information content (AvgIpc) is 3.18. The first-order valence-corrected chi connectivity index (χ1v) is 18.2. The van der Waals surface area contributed by atoms with E-state index in [2.05, 4.69) is 42.0 Å². The zero-order chi connectivity index (χ0) is 41.2. The first kappa shape index (κ1) is 44.0. The van der Waals surface area contributed by atoms with E-state index in [4.69, 9.17) is 5.84 Å². The Morgan fingerprint density at radius 3 is 1.93 bits per heavy atom. The topological polar surface area (TPSA) is 246 Å². The fourth-order valence-corrected chi connectivity index (χ4v) is 5.36. The molecule has 0 spiro atoms. The SMILES string of the molecule is CCN=C(C(=NN)c1ccccc1C)c1ccccc1NC(=O)CCC(=O)NCC(=O)NCC(=O)N[C@H](C(=O)N[C@@H](C)C(=O)Nc1ccc(CO)cc1)C(C)C. The van der Waals surface area contributed by atoms with Crippen molar-refractivity contribution in [3.8, 4) is 0 Å². The molecular weight excluding hydrogens is 718 g/mol. The van der Waals surface area contributed by atoms with Crippen LogP contribution in [-0.2, 0) is 35.4 Å². The highest BCUT2D eigenvalue weighted by Gasteiger charge is 2.27. The van der Waals surface area contributed by atoms with Gasteiger partial charge in [-0.25, -0.2) is 0 Å². The van der Waals surface area contributed by atoms with Crippen LogP contribution in [-0.4, -0.2) is 83.7 Å². The van der Waals surface area contributed by atoms with Crippen LogP contribution in [0.5, 0.6) is 0 Å². The molecule has 3 aromatic rings. The van der Waals surface area contributed by atoms with Crippen molar-refractivity contribution < 1.29 is 33.9 Å². The number of amides is 6. The van der Waals surface area contributed by atoms with Gasteiger partial charge < -0.3 is 42.8 Å². The maximum atomic E-state index is 13.0. The zero-order valence-corrected chi connectivity index (χ0v) is 32.3. The monoisotopic (exact) mass is 769 g/mol. The molecule has 0 aliphatic rings. The molecule has 0 aromatic heterocycles. The first-order valence-electron chi connectivity index (χ1n) is 18.2. The number of benzene rings is 3. The summed E-state index contributed by atoms with van der Waals surface area (Å²) in [5.74, 6) is 2.08. The number of nitrogens with one attached hydrogen (secondary N) is 6. The number of anilines is 2. The van der Waals surface area contributed by atoms with Gasteiger partial charge in [0.1, 0.15) is 17.8 Å². The Hall–Kier alpha value is -6.42. The third kappa shape index (κ3) is 13.5. The van der Waals surface area contributed by atoms with Gasteiger partial charge in [-0.2, -0.15) is 5.10 Å². The van der Waals surface area contributed by atoms with Crippen LogP contribution in [0.1, 0.15) is 62.8 Å². The number of hydrogen-bond acceptors (Lipinski definition) is 10. The lowest BCUT2D eigenvalue weighted by Gasteiger charge is -2.24. The summed E-state index contributed by atoms with van der Waals surface area (Å²) >= 11 is 0. The van der Waals surface area contributed by atoms with Crippen LogP contribution in [0.3, 0.4) is 0 Å². The van der Waals surface area contributed by atoms with Gasteiger partial charge in [-0.3, -0.25) is 33.8 Å². The van der Waals surface area contributed by atoms with E-state index in [1.54, 1.807) is 62.4 Å². The number of hydrazone groups is 1. The summed E-state index contributed by atoms with van der Waals surface area (Å²) in [7, 11) is 0. The fraction of sp³-hybridized carbons (Fsp3) is 0.350. The standard InChI is InChI=1S/C40H51N9O7/c1-6-42-37(38(49-41)29-12-8-7-11-25(29)4)30-13-9-10-14-31(30)47-33(52)20-19-32(51)43-21-34(53)44-22-35(54)48-36(24(2)3)40(56)45-26(5)39(55)46-28-17-15-27(23-50)16-18-28/h7-18,24,26,36,50H,6,19-23,41H2,1-5H3,(H,43,51)(H,44,53)(H,45,56)(H,46,55)(H,47,52)(H,48,54)/t26-,36-/m0/s1. The number of aliphatic hydroxyl groups is 1. The molecule has 3 rings (SSSR count). The molecule has 16 heteroatoms. The molecule has 0 unspecified atom stereocenters. The van der Waals surface area contributed by atoms with Gasteiger partial charge in [-0.1, -0.05) is 68.4 Å². The van der Waals surface area contributed by atoms with Crippen molar-refractivity contribution in [3.63, 3.8) is 0 Å². The lowest BCUT2D eigenvalue weighted by atomic mass is 9.95. The first-order chi connectivity index (χ1) is 26.8. The van der Waals surface area contributed by atoms with Crippen molar-refractivity contribution in [2.45, 2.75) is 66.2 Å². The number of aliphatic imine (C=N–C) groups is 1. The van der Waals surface area contributed by atoms with Gasteiger partial charge in [0.05, 0.1) is 31.1 Å². The number of para-hydroxylation sites is 1. The Bertz CT molecular complexity index is 1930. The molecule has 0 aliphatic heterocycles. The number of carbonyl (C=O) groups excluding carboxylic acids is 6. The summed E-state index contributed by atoms with van der Waals surface area (Å²) in [6, 6.07) is 19.3. The maximum Gasteiger partial charge on any atom is 0.246 e. The average molecular weight is 770 g/mol. The summed E-state index contributed by atoms with van der Waals surface area (Å²) in [6.45, 7) is 8.10. The van der Waals surface area contributed by atoms with Crippen molar-refractivity contribution >= 4 is 58.2 Å². The largest absolute Gasteiger partial charge is 0.392 e. The lowest BCUT2D eigenvalue weighted by Crippen LogP contribution is -2.55. The van der Waals surface area contributed by atoms with Crippen molar-refractivity contribution in [1.82, 2.24) is 21.3 Å². The van der Waals surface area contributed by atoms with E-state index >= 15 is 0 Å². The van der Waals surface area contributed by atoms with E-state index in [0.717, 1.165) is 11.1 Å². The Kier molecular flexibility index (Phi) is 17.3. The highest BCUT2D eigenvalue weighted by Crippen LogP contribution is 2.21. The van der Waals surface area contributed by atoms with Gasteiger partial charge >= 0.3 is 0 Å². The molecule has 3 aromatic carbocycles. The number of nitrogens with two attached hydrogens (primary N) is 1. The molecule has 56 heavy (non-hydrogen) atoms. The molecular formula is C40H51N9O7. The molecule has 2 atom stereocenters. The number of rotatable bonds is 19. The van der Waals surface area contributed by atoms with E-state index in [-0.39, 0.29) is 25.4 Å². The normalized spacial score (nSPS) is 12.6. The Labute approximate surface area is 326 Å². The molecule has 0 heterocycles. The van der Waals surface area contributed by atoms with Gasteiger partial charge in [-0.05, 0) is 56.0 Å². The van der Waals surface area contributed by atoms with Crippen molar-refractivity contribution in [2.75, 3.05) is 30.3 Å². The number of carbonyl (C=O) groups is 6. The van der Waals surface area contributed by atoms with Gasteiger partial charge in [0.2, 0.25) is 35.4 Å². The second-order valence-electron chi connectivity index (χ2n) is 13.1. The van der Waals surface area contributed by atoms with Crippen LogP contribution >= 0.6 is 0 Å². The smallest absolute Gasteiger partial charge is 0.246 e. The Balaban J connectivity index is 1.45.